The number of hydrogen-bond donors (Lipinski definition) is 3. The minimum Gasteiger partial charge on any atom is -0.382 e. The van der Waals surface area contributed by atoms with Crippen LogP contribution in [0, 0.1) is 0 Å². The quantitative estimate of drug-likeness (QED) is 0.746. The van der Waals surface area contributed by atoms with Crippen molar-refractivity contribution >= 4 is 11.6 Å². The molecule has 0 spiro atoms. The molecule has 2 heterocycles. The predicted molar refractivity (Wildman–Crippen MR) is 71.7 cm³/mol. The molecule has 5 nitrogen and oxygen atoms in total. The Labute approximate surface area is 107 Å². The molecule has 18 heavy (non-hydrogen) atoms. The number of anilines is 1. The first-order chi connectivity index (χ1) is 8.69. The highest BCUT2D eigenvalue weighted by atomic mass is 16.1. The van der Waals surface area contributed by atoms with Crippen LogP contribution >= 0.6 is 0 Å². The van der Waals surface area contributed by atoms with Gasteiger partial charge in [0, 0.05) is 31.0 Å². The highest BCUT2D eigenvalue weighted by Crippen LogP contribution is 2.16. The van der Waals surface area contributed by atoms with Crippen LogP contribution in [0.3, 0.4) is 0 Å². The maximum Gasteiger partial charge on any atom is 0.269 e. The van der Waals surface area contributed by atoms with E-state index in [2.05, 4.69) is 27.9 Å². The molecular formula is C13H20N4O. The van der Waals surface area contributed by atoms with Gasteiger partial charge in [-0.1, -0.05) is 0 Å². The standard InChI is InChI=1S/C13H20N4O/c1-9-7-10(3-5-15-9)17-11-4-6-16-12(8-11)13(18)14-2/h4,6,8-10,15H,3,5,7H2,1-2H3,(H,14,18)(H,16,17). The van der Waals surface area contributed by atoms with Crippen LogP contribution in [0.1, 0.15) is 30.3 Å². The fourth-order valence-corrected chi connectivity index (χ4v) is 2.27. The molecule has 3 N–H and O–H groups in total. The van der Waals surface area contributed by atoms with Crippen molar-refractivity contribution in [2.45, 2.75) is 31.8 Å². The number of piperidine rings is 1. The van der Waals surface area contributed by atoms with Crippen molar-refractivity contribution in [1.29, 1.82) is 0 Å². The van der Waals surface area contributed by atoms with Crippen LogP contribution in [0.2, 0.25) is 0 Å². The number of carbonyl (C=O) groups excluding carboxylic acids is 1. The van der Waals surface area contributed by atoms with Crippen LogP contribution in [-0.2, 0) is 0 Å². The van der Waals surface area contributed by atoms with E-state index in [4.69, 9.17) is 0 Å². The lowest BCUT2D eigenvalue weighted by atomic mass is 10.0. The lowest BCUT2D eigenvalue weighted by Gasteiger charge is -2.29. The molecule has 98 valence electrons. The molecule has 1 fully saturated rings. The second-order valence-electron chi connectivity index (χ2n) is 4.73. The minimum absolute atomic E-state index is 0.155. The molecule has 0 bridgehead atoms. The molecule has 1 aliphatic rings. The van der Waals surface area contributed by atoms with Crippen molar-refractivity contribution in [3.05, 3.63) is 24.0 Å². The molecule has 2 rings (SSSR count). The topological polar surface area (TPSA) is 66.1 Å². The number of hydrogen-bond acceptors (Lipinski definition) is 4. The fourth-order valence-electron chi connectivity index (χ4n) is 2.27. The molecule has 0 aromatic carbocycles. The van der Waals surface area contributed by atoms with Gasteiger partial charge in [0.05, 0.1) is 0 Å². The predicted octanol–water partition coefficient (Wildman–Crippen LogP) is 0.994. The number of nitrogens with one attached hydrogen (secondary N) is 3. The second-order valence-corrected chi connectivity index (χ2v) is 4.73. The van der Waals surface area contributed by atoms with Crippen molar-refractivity contribution < 1.29 is 4.79 Å². The first kappa shape index (κ1) is 12.8. The van der Waals surface area contributed by atoms with E-state index in [-0.39, 0.29) is 5.91 Å². The van der Waals surface area contributed by atoms with Crippen LogP contribution in [0.5, 0.6) is 0 Å². The van der Waals surface area contributed by atoms with Gasteiger partial charge in [-0.25, -0.2) is 0 Å². The van der Waals surface area contributed by atoms with Crippen LogP contribution in [-0.4, -0.2) is 36.6 Å². The zero-order chi connectivity index (χ0) is 13.0. The number of pyridine rings is 1. The molecule has 0 radical (unpaired) electrons. The highest BCUT2D eigenvalue weighted by molar-refractivity contribution is 5.92. The number of nitrogens with zero attached hydrogens (tertiary/aromatic N) is 1. The normalized spacial score (nSPS) is 23.4. The lowest BCUT2D eigenvalue weighted by Crippen LogP contribution is -2.41. The van der Waals surface area contributed by atoms with E-state index in [0.29, 0.717) is 17.8 Å². The molecule has 1 aromatic rings. The largest absolute Gasteiger partial charge is 0.382 e. The van der Waals surface area contributed by atoms with Crippen LogP contribution < -0.4 is 16.0 Å². The van der Waals surface area contributed by atoms with Crippen molar-refractivity contribution in [3.8, 4) is 0 Å². The summed E-state index contributed by atoms with van der Waals surface area (Å²) in [6.45, 7) is 3.22. The summed E-state index contributed by atoms with van der Waals surface area (Å²) in [5.74, 6) is -0.155. The molecule has 5 heteroatoms. The van der Waals surface area contributed by atoms with Gasteiger partial charge in [-0.15, -0.1) is 0 Å². The molecule has 1 amide bonds. The number of rotatable bonds is 3. The van der Waals surface area contributed by atoms with Gasteiger partial charge in [-0.05, 0) is 38.4 Å². The van der Waals surface area contributed by atoms with Crippen molar-refractivity contribution in [1.82, 2.24) is 15.6 Å². The van der Waals surface area contributed by atoms with Gasteiger partial charge >= 0.3 is 0 Å². The Morgan fingerprint density at radius 2 is 2.39 bits per heavy atom. The molecule has 0 saturated carbocycles. The summed E-state index contributed by atoms with van der Waals surface area (Å²) in [4.78, 5) is 15.6. The van der Waals surface area contributed by atoms with Gasteiger partial charge in [0.25, 0.3) is 5.91 Å². The van der Waals surface area contributed by atoms with E-state index in [1.54, 1.807) is 19.3 Å². The zero-order valence-corrected chi connectivity index (χ0v) is 10.9. The Morgan fingerprint density at radius 1 is 1.56 bits per heavy atom. The third-order valence-electron chi connectivity index (χ3n) is 3.21. The Kier molecular flexibility index (Phi) is 4.15. The fraction of sp³-hybridized carbons (Fsp3) is 0.538. The van der Waals surface area contributed by atoms with E-state index >= 15 is 0 Å². The molecule has 0 aliphatic carbocycles. The molecular weight excluding hydrogens is 228 g/mol. The van der Waals surface area contributed by atoms with E-state index < -0.39 is 0 Å². The summed E-state index contributed by atoms with van der Waals surface area (Å²) in [5, 5.41) is 9.47. The van der Waals surface area contributed by atoms with Gasteiger partial charge < -0.3 is 16.0 Å². The van der Waals surface area contributed by atoms with E-state index in [0.717, 1.165) is 25.1 Å². The summed E-state index contributed by atoms with van der Waals surface area (Å²) in [6.07, 6.45) is 3.86. The lowest BCUT2D eigenvalue weighted by molar-refractivity contribution is 0.0958. The maximum absolute atomic E-state index is 11.5. The average Bonchev–Trinajstić information content (AvgIpc) is 2.38. The first-order valence-corrected chi connectivity index (χ1v) is 6.37. The zero-order valence-electron chi connectivity index (χ0n) is 10.9. The monoisotopic (exact) mass is 248 g/mol. The maximum atomic E-state index is 11.5. The Bertz CT molecular complexity index is 421. The second kappa shape index (κ2) is 5.82. The molecule has 2 unspecified atom stereocenters. The van der Waals surface area contributed by atoms with Crippen molar-refractivity contribution in [2.75, 3.05) is 18.9 Å². The van der Waals surface area contributed by atoms with Gasteiger partial charge in [-0.3, -0.25) is 9.78 Å². The third kappa shape index (κ3) is 3.20. The van der Waals surface area contributed by atoms with Gasteiger partial charge in [-0.2, -0.15) is 0 Å². The van der Waals surface area contributed by atoms with E-state index in [9.17, 15) is 4.79 Å². The smallest absolute Gasteiger partial charge is 0.269 e. The van der Waals surface area contributed by atoms with Gasteiger partial charge in [0.15, 0.2) is 0 Å². The number of amides is 1. The summed E-state index contributed by atoms with van der Waals surface area (Å²) < 4.78 is 0. The van der Waals surface area contributed by atoms with Gasteiger partial charge in [0.1, 0.15) is 5.69 Å². The highest BCUT2D eigenvalue weighted by Gasteiger charge is 2.18. The molecule has 1 saturated heterocycles. The van der Waals surface area contributed by atoms with E-state index in [1.807, 2.05) is 6.07 Å². The Balaban J connectivity index is 2.02. The third-order valence-corrected chi connectivity index (χ3v) is 3.21. The number of carbonyl (C=O) groups is 1. The summed E-state index contributed by atoms with van der Waals surface area (Å²) in [7, 11) is 1.61. The van der Waals surface area contributed by atoms with E-state index in [1.165, 1.54) is 0 Å². The summed E-state index contributed by atoms with van der Waals surface area (Å²) >= 11 is 0. The van der Waals surface area contributed by atoms with Crippen LogP contribution in [0.4, 0.5) is 5.69 Å². The SMILES string of the molecule is CNC(=O)c1cc(NC2CCNC(C)C2)ccn1. The van der Waals surface area contributed by atoms with Crippen LogP contribution in [0.15, 0.2) is 18.3 Å². The summed E-state index contributed by atoms with van der Waals surface area (Å²) in [5.41, 5.74) is 1.41. The van der Waals surface area contributed by atoms with Gasteiger partial charge in [0.2, 0.25) is 0 Å². The molecule has 1 aliphatic heterocycles. The summed E-state index contributed by atoms with van der Waals surface area (Å²) in [6, 6.07) is 4.70. The average molecular weight is 248 g/mol. The van der Waals surface area contributed by atoms with Crippen molar-refractivity contribution in [2.24, 2.45) is 0 Å². The Hall–Kier alpha value is -1.62. The van der Waals surface area contributed by atoms with Crippen LogP contribution in [0.25, 0.3) is 0 Å². The number of aromatic nitrogens is 1. The Morgan fingerprint density at radius 3 is 3.11 bits per heavy atom. The first-order valence-electron chi connectivity index (χ1n) is 6.37. The molecule has 1 aromatic heterocycles. The van der Waals surface area contributed by atoms with Crippen molar-refractivity contribution in [3.63, 3.8) is 0 Å². The molecule has 2 atom stereocenters. The minimum atomic E-state index is -0.155.